The molecule has 2 unspecified atom stereocenters. The maximum absolute atomic E-state index is 12.2. The summed E-state index contributed by atoms with van der Waals surface area (Å²) in [4.78, 5) is 24.9. The van der Waals surface area contributed by atoms with Gasteiger partial charge in [-0.1, -0.05) is 19.0 Å². The number of hydrogen-bond acceptors (Lipinski definition) is 5. The fourth-order valence-corrected chi connectivity index (χ4v) is 3.55. The Kier molecular flexibility index (Phi) is 4.53. The Labute approximate surface area is 120 Å². The van der Waals surface area contributed by atoms with E-state index in [0.29, 0.717) is 11.4 Å². The maximum Gasteiger partial charge on any atom is 0.327 e. The van der Waals surface area contributed by atoms with Gasteiger partial charge in [0.25, 0.3) is 0 Å². The maximum atomic E-state index is 12.2. The molecular formula is C12H17N3O4S. The molecule has 8 heteroatoms. The summed E-state index contributed by atoms with van der Waals surface area (Å²) in [6.45, 7) is 4.16. The smallest absolute Gasteiger partial charge is 0.327 e. The molecule has 0 saturated carbocycles. The van der Waals surface area contributed by atoms with E-state index in [1.807, 2.05) is 13.8 Å². The lowest BCUT2D eigenvalue weighted by atomic mass is 10.2. The fourth-order valence-electron chi connectivity index (χ4n) is 2.07. The highest BCUT2D eigenvalue weighted by atomic mass is 32.2. The molecule has 1 aromatic heterocycles. The lowest BCUT2D eigenvalue weighted by molar-refractivity contribution is -0.141. The molecule has 1 saturated heterocycles. The second kappa shape index (κ2) is 6.17. The van der Waals surface area contributed by atoms with Crippen LogP contribution in [0.15, 0.2) is 16.9 Å². The second-order valence-corrected chi connectivity index (χ2v) is 6.03. The summed E-state index contributed by atoms with van der Waals surface area (Å²) in [5, 5.41) is 15.5. The van der Waals surface area contributed by atoms with Gasteiger partial charge in [-0.15, -0.1) is 11.8 Å². The number of amides is 2. The Balaban J connectivity index is 2.04. The number of carbonyl (C=O) groups excluding carboxylic acids is 1. The number of nitrogens with zero attached hydrogens (tertiary/aromatic N) is 2. The van der Waals surface area contributed by atoms with Crippen LogP contribution in [-0.4, -0.2) is 44.3 Å². The Morgan fingerprint density at radius 2 is 2.40 bits per heavy atom. The number of hydrogen-bond donors (Lipinski definition) is 2. The zero-order valence-electron chi connectivity index (χ0n) is 11.3. The van der Waals surface area contributed by atoms with Gasteiger partial charge in [0.2, 0.25) is 0 Å². The van der Waals surface area contributed by atoms with E-state index in [9.17, 15) is 14.7 Å². The van der Waals surface area contributed by atoms with Crippen LogP contribution < -0.4 is 5.32 Å². The number of aromatic nitrogens is 1. The van der Waals surface area contributed by atoms with Crippen molar-refractivity contribution in [3.63, 3.8) is 0 Å². The van der Waals surface area contributed by atoms with E-state index in [1.165, 1.54) is 22.9 Å². The highest BCUT2D eigenvalue weighted by Crippen LogP contribution is 2.34. The first-order valence-corrected chi connectivity index (χ1v) is 7.35. The fraction of sp³-hybridized carbons (Fsp3) is 0.583. The van der Waals surface area contributed by atoms with Crippen LogP contribution in [0.2, 0.25) is 0 Å². The molecule has 1 fully saturated rings. The summed E-state index contributed by atoms with van der Waals surface area (Å²) in [5.41, 5.74) is 0.596. The van der Waals surface area contributed by atoms with Gasteiger partial charge in [0.15, 0.2) is 0 Å². The van der Waals surface area contributed by atoms with E-state index < -0.39 is 12.0 Å². The van der Waals surface area contributed by atoms with Crippen LogP contribution in [-0.2, 0) is 11.3 Å². The van der Waals surface area contributed by atoms with Gasteiger partial charge in [0.1, 0.15) is 18.0 Å². The Morgan fingerprint density at radius 1 is 1.65 bits per heavy atom. The van der Waals surface area contributed by atoms with Crippen LogP contribution >= 0.6 is 11.8 Å². The van der Waals surface area contributed by atoms with E-state index in [0.717, 1.165) is 0 Å². The van der Waals surface area contributed by atoms with Crippen molar-refractivity contribution in [3.8, 4) is 0 Å². The minimum atomic E-state index is -0.975. The van der Waals surface area contributed by atoms with Crippen LogP contribution in [0, 0.1) is 5.92 Å². The summed E-state index contributed by atoms with van der Waals surface area (Å²) >= 11 is 1.50. The first-order valence-electron chi connectivity index (χ1n) is 6.30. The first kappa shape index (κ1) is 14.7. The average molecular weight is 299 g/mol. The van der Waals surface area contributed by atoms with Crippen molar-refractivity contribution in [2.45, 2.75) is 31.8 Å². The molecule has 0 aromatic carbocycles. The standard InChI is InChI=1S/C12H17N3O4S/c1-7(2)10-15(9(6-20-10)11(16)17)12(18)13-5-8-3-4-19-14-8/h3-4,7,9-10H,5-6H2,1-2H3,(H,13,18)(H,16,17). The van der Waals surface area contributed by atoms with Crippen LogP contribution in [0.4, 0.5) is 4.79 Å². The zero-order chi connectivity index (χ0) is 14.7. The van der Waals surface area contributed by atoms with Crippen LogP contribution in [0.5, 0.6) is 0 Å². The van der Waals surface area contributed by atoms with Gasteiger partial charge in [0.05, 0.1) is 11.9 Å². The molecule has 0 bridgehead atoms. The number of nitrogens with one attached hydrogen (secondary N) is 1. The number of carboxylic acids is 1. The SMILES string of the molecule is CC(C)C1SCC(C(=O)O)N1C(=O)NCc1ccon1. The molecule has 7 nitrogen and oxygen atoms in total. The molecule has 2 atom stereocenters. The Morgan fingerprint density at radius 3 is 2.95 bits per heavy atom. The molecule has 1 aromatic rings. The molecule has 0 aliphatic carbocycles. The van der Waals surface area contributed by atoms with Crippen molar-refractivity contribution < 1.29 is 19.2 Å². The predicted octanol–water partition coefficient (Wildman–Crippen LogP) is 1.37. The predicted molar refractivity (Wildman–Crippen MR) is 73.1 cm³/mol. The van der Waals surface area contributed by atoms with Crippen molar-refractivity contribution in [1.29, 1.82) is 0 Å². The number of aliphatic carboxylic acids is 1. The van der Waals surface area contributed by atoms with Gasteiger partial charge in [-0.25, -0.2) is 9.59 Å². The summed E-state index contributed by atoms with van der Waals surface area (Å²) < 4.78 is 4.68. The number of carboxylic acid groups (broad SMARTS) is 1. The molecule has 1 aliphatic heterocycles. The lowest BCUT2D eigenvalue weighted by Gasteiger charge is -2.29. The minimum Gasteiger partial charge on any atom is -0.480 e. The number of thioether (sulfide) groups is 1. The van der Waals surface area contributed by atoms with Crippen LogP contribution in [0.25, 0.3) is 0 Å². The lowest BCUT2D eigenvalue weighted by Crippen LogP contribution is -2.51. The zero-order valence-corrected chi connectivity index (χ0v) is 12.1. The number of rotatable bonds is 4. The van der Waals surface area contributed by atoms with Crippen LogP contribution in [0.3, 0.4) is 0 Å². The van der Waals surface area contributed by atoms with Crippen molar-refractivity contribution >= 4 is 23.8 Å². The van der Waals surface area contributed by atoms with Crippen LogP contribution in [0.1, 0.15) is 19.5 Å². The van der Waals surface area contributed by atoms with Crippen molar-refractivity contribution in [3.05, 3.63) is 18.0 Å². The molecule has 0 spiro atoms. The summed E-state index contributed by atoms with van der Waals surface area (Å²) in [5.74, 6) is -0.380. The molecule has 2 amide bonds. The molecule has 1 aliphatic rings. The minimum absolute atomic E-state index is 0.131. The third kappa shape index (κ3) is 3.06. The van der Waals surface area contributed by atoms with Crippen molar-refractivity contribution in [1.82, 2.24) is 15.4 Å². The highest BCUT2D eigenvalue weighted by Gasteiger charge is 2.42. The van der Waals surface area contributed by atoms with E-state index in [4.69, 9.17) is 0 Å². The van der Waals surface area contributed by atoms with Gasteiger partial charge in [-0.2, -0.15) is 0 Å². The number of carbonyl (C=O) groups is 2. The van der Waals surface area contributed by atoms with Gasteiger partial charge in [0, 0.05) is 11.8 Å². The average Bonchev–Trinajstić information content (AvgIpc) is 3.04. The molecule has 2 N–H and O–H groups in total. The van der Waals surface area contributed by atoms with E-state index in [-0.39, 0.29) is 23.9 Å². The largest absolute Gasteiger partial charge is 0.480 e. The van der Waals surface area contributed by atoms with E-state index in [1.54, 1.807) is 6.07 Å². The molecule has 2 rings (SSSR count). The van der Waals surface area contributed by atoms with Gasteiger partial charge in [-0.3, -0.25) is 4.90 Å². The summed E-state index contributed by atoms with van der Waals surface area (Å²) in [6, 6.07) is 0.474. The van der Waals surface area contributed by atoms with Crippen molar-refractivity contribution in [2.75, 3.05) is 5.75 Å². The van der Waals surface area contributed by atoms with Gasteiger partial charge < -0.3 is 14.9 Å². The molecule has 20 heavy (non-hydrogen) atoms. The Hall–Kier alpha value is -1.70. The third-order valence-electron chi connectivity index (χ3n) is 3.04. The monoisotopic (exact) mass is 299 g/mol. The summed E-state index contributed by atoms with van der Waals surface area (Å²) in [6.07, 6.45) is 1.42. The van der Waals surface area contributed by atoms with Gasteiger partial charge in [-0.05, 0) is 5.92 Å². The van der Waals surface area contributed by atoms with Gasteiger partial charge >= 0.3 is 12.0 Å². The molecule has 2 heterocycles. The van der Waals surface area contributed by atoms with Crippen molar-refractivity contribution in [2.24, 2.45) is 5.92 Å². The molecule has 0 radical (unpaired) electrons. The second-order valence-electron chi connectivity index (χ2n) is 4.88. The molecular weight excluding hydrogens is 282 g/mol. The highest BCUT2D eigenvalue weighted by molar-refractivity contribution is 8.00. The first-order chi connectivity index (χ1) is 9.50. The van der Waals surface area contributed by atoms with E-state index >= 15 is 0 Å². The van der Waals surface area contributed by atoms with E-state index in [2.05, 4.69) is 15.0 Å². The third-order valence-corrected chi connectivity index (χ3v) is 4.66. The topological polar surface area (TPSA) is 95.7 Å². The summed E-state index contributed by atoms with van der Waals surface area (Å²) in [7, 11) is 0. The molecule has 110 valence electrons. The quantitative estimate of drug-likeness (QED) is 0.871. The Bertz CT molecular complexity index is 477. The number of urea groups is 1. The normalized spacial score (nSPS) is 22.2.